The van der Waals surface area contributed by atoms with Crippen molar-refractivity contribution in [1.82, 2.24) is 10.6 Å². The first-order valence-electron chi connectivity index (χ1n) is 15.6. The highest BCUT2D eigenvalue weighted by Gasteiger charge is 2.30. The first-order chi connectivity index (χ1) is 23.3. The van der Waals surface area contributed by atoms with Gasteiger partial charge in [-0.3, -0.25) is 33.6 Å². The Bertz CT molecular complexity index is 1540. The lowest BCUT2D eigenvalue weighted by atomic mass is 9.82. The maximum Gasteiger partial charge on any atom is 0.322 e. The standard InChI is InChI=1S/C33H44N4O11S2/c1-17-18(2)29(42)22(19(3)28(17)41)11-12-33(4,47)16-48-21-7-5-20(6-8-21)13-25(30(35)43)50-49-15-24(31(44)36-14-27(39)40)37-26(38)10-9-23(34)32(45)46/h5-8,23-25,47H,9-16,34H2,1-4H3,(H2,35,43)(H,36,44)(H,37,38)(H,39,40)(H,45,46)/t23-,24-,25?,33?/m0/s1. The maximum absolute atomic E-state index is 12.7. The van der Waals surface area contributed by atoms with E-state index < -0.39 is 59.1 Å². The molecule has 9 N–H and O–H groups in total. The van der Waals surface area contributed by atoms with E-state index in [-0.39, 0.29) is 56.0 Å². The van der Waals surface area contributed by atoms with Gasteiger partial charge in [0.05, 0.1) is 10.9 Å². The van der Waals surface area contributed by atoms with Gasteiger partial charge in [0.2, 0.25) is 17.7 Å². The molecule has 2 unspecified atom stereocenters. The van der Waals surface area contributed by atoms with Gasteiger partial charge in [-0.05, 0) is 71.1 Å². The van der Waals surface area contributed by atoms with Gasteiger partial charge >= 0.3 is 11.9 Å². The Hall–Kier alpha value is -4.19. The van der Waals surface area contributed by atoms with Crippen LogP contribution in [-0.4, -0.2) is 98.4 Å². The Balaban J connectivity index is 1.94. The molecular formula is C33H44N4O11S2. The summed E-state index contributed by atoms with van der Waals surface area (Å²) < 4.78 is 5.78. The van der Waals surface area contributed by atoms with Crippen LogP contribution in [0.15, 0.2) is 46.6 Å². The predicted octanol–water partition coefficient (Wildman–Crippen LogP) is 1.06. The summed E-state index contributed by atoms with van der Waals surface area (Å²) in [7, 11) is 2.12. The number of benzene rings is 1. The van der Waals surface area contributed by atoms with Gasteiger partial charge in [0.25, 0.3) is 0 Å². The molecule has 0 heterocycles. The molecule has 0 aromatic heterocycles. The van der Waals surface area contributed by atoms with Crippen LogP contribution in [0, 0.1) is 0 Å². The van der Waals surface area contributed by atoms with Crippen molar-refractivity contribution in [2.75, 3.05) is 18.9 Å². The Labute approximate surface area is 297 Å². The summed E-state index contributed by atoms with van der Waals surface area (Å²) in [5.74, 6) is -4.66. The summed E-state index contributed by atoms with van der Waals surface area (Å²) in [6.07, 6.45) is 0.133. The van der Waals surface area contributed by atoms with Crippen LogP contribution < -0.4 is 26.8 Å². The number of aliphatic carboxylic acids is 2. The number of aliphatic hydroxyl groups is 1. The third-order valence-electron chi connectivity index (χ3n) is 7.92. The maximum atomic E-state index is 12.7. The van der Waals surface area contributed by atoms with Crippen LogP contribution in [0.1, 0.15) is 58.9 Å². The largest absolute Gasteiger partial charge is 0.491 e. The summed E-state index contributed by atoms with van der Waals surface area (Å²) in [5, 5.41) is 32.6. The molecule has 0 aliphatic heterocycles. The molecule has 15 nitrogen and oxygen atoms in total. The fourth-order valence-corrected chi connectivity index (χ4v) is 7.21. The van der Waals surface area contributed by atoms with Gasteiger partial charge in [0.1, 0.15) is 31.0 Å². The zero-order valence-electron chi connectivity index (χ0n) is 28.3. The van der Waals surface area contributed by atoms with Crippen LogP contribution in [0.3, 0.4) is 0 Å². The molecule has 0 radical (unpaired) electrons. The van der Waals surface area contributed by atoms with Crippen LogP contribution in [0.4, 0.5) is 0 Å². The first-order valence-corrected chi connectivity index (χ1v) is 18.0. The van der Waals surface area contributed by atoms with Gasteiger partial charge in [-0.1, -0.05) is 33.7 Å². The van der Waals surface area contributed by atoms with E-state index in [2.05, 4.69) is 10.6 Å². The summed E-state index contributed by atoms with van der Waals surface area (Å²) in [5.41, 5.74) is 12.1. The molecule has 0 bridgehead atoms. The Morgan fingerprint density at radius 2 is 1.60 bits per heavy atom. The third-order valence-corrected chi connectivity index (χ3v) is 10.7. The van der Waals surface area contributed by atoms with Gasteiger partial charge in [0, 0.05) is 34.5 Å². The monoisotopic (exact) mass is 736 g/mol. The van der Waals surface area contributed by atoms with E-state index in [1.165, 1.54) is 0 Å². The molecule has 0 fully saturated rings. The van der Waals surface area contributed by atoms with Crippen LogP contribution in [0.25, 0.3) is 0 Å². The molecule has 0 spiro atoms. The van der Waals surface area contributed by atoms with Crippen LogP contribution >= 0.6 is 21.6 Å². The average Bonchev–Trinajstić information content (AvgIpc) is 3.06. The number of allylic oxidation sites excluding steroid dienone is 4. The minimum absolute atomic E-state index is 0.0689. The summed E-state index contributed by atoms with van der Waals surface area (Å²) in [6, 6.07) is 4.27. The fourth-order valence-electron chi connectivity index (χ4n) is 4.61. The number of rotatable bonds is 21. The van der Waals surface area contributed by atoms with Crippen molar-refractivity contribution in [2.45, 2.75) is 82.7 Å². The molecule has 1 aliphatic rings. The van der Waals surface area contributed by atoms with Crippen molar-refractivity contribution < 1.29 is 53.6 Å². The normalized spacial score (nSPS) is 16.3. The number of ketones is 2. The van der Waals surface area contributed by atoms with Crippen molar-refractivity contribution in [3.05, 3.63) is 52.1 Å². The van der Waals surface area contributed by atoms with Crippen molar-refractivity contribution in [2.24, 2.45) is 11.5 Å². The lowest BCUT2D eigenvalue weighted by molar-refractivity contribution is -0.139. The van der Waals surface area contributed by atoms with E-state index in [1.807, 2.05) is 0 Å². The zero-order chi connectivity index (χ0) is 37.8. The third kappa shape index (κ3) is 13.3. The van der Waals surface area contributed by atoms with Crippen molar-refractivity contribution in [3.63, 3.8) is 0 Å². The van der Waals surface area contributed by atoms with Crippen molar-refractivity contribution in [3.8, 4) is 5.75 Å². The molecule has 0 saturated heterocycles. The van der Waals surface area contributed by atoms with E-state index in [9.17, 15) is 38.7 Å². The lowest BCUT2D eigenvalue weighted by Gasteiger charge is -2.25. The molecule has 1 aromatic rings. The molecule has 50 heavy (non-hydrogen) atoms. The molecule has 4 atom stereocenters. The number of carboxylic acids is 2. The van der Waals surface area contributed by atoms with Crippen LogP contribution in [-0.2, 0) is 40.0 Å². The molecular weight excluding hydrogens is 693 g/mol. The second kappa shape index (κ2) is 19.3. The summed E-state index contributed by atoms with van der Waals surface area (Å²) in [6.45, 7) is 5.66. The second-order valence-electron chi connectivity index (χ2n) is 12.1. The number of nitrogens with one attached hydrogen (secondary N) is 2. The predicted molar refractivity (Wildman–Crippen MR) is 187 cm³/mol. The van der Waals surface area contributed by atoms with Gasteiger partial charge in [-0.15, -0.1) is 0 Å². The fraction of sp³-hybridized carbons (Fsp3) is 0.485. The minimum atomic E-state index is -1.31. The summed E-state index contributed by atoms with van der Waals surface area (Å²) in [4.78, 5) is 84.1. The van der Waals surface area contributed by atoms with E-state index >= 15 is 0 Å². The zero-order valence-corrected chi connectivity index (χ0v) is 29.9. The smallest absolute Gasteiger partial charge is 0.322 e. The number of carbonyl (C=O) groups excluding carboxylic acids is 5. The number of ether oxygens (including phenoxy) is 1. The molecule has 3 amide bonds. The minimum Gasteiger partial charge on any atom is -0.491 e. The van der Waals surface area contributed by atoms with Gasteiger partial charge in [0.15, 0.2) is 11.6 Å². The molecule has 17 heteroatoms. The topological polar surface area (TPSA) is 266 Å². The van der Waals surface area contributed by atoms with Crippen LogP contribution in [0.5, 0.6) is 5.75 Å². The number of carbonyl (C=O) groups is 7. The lowest BCUT2D eigenvalue weighted by Crippen LogP contribution is -2.49. The van der Waals surface area contributed by atoms with Crippen molar-refractivity contribution in [1.29, 1.82) is 0 Å². The Kier molecular flexibility index (Phi) is 16.2. The number of nitrogens with two attached hydrogens (primary N) is 2. The van der Waals surface area contributed by atoms with Gasteiger partial charge in [-0.2, -0.15) is 0 Å². The number of hydrogen-bond acceptors (Lipinski definition) is 12. The molecule has 274 valence electrons. The first kappa shape index (κ1) is 42.0. The van der Waals surface area contributed by atoms with E-state index in [4.69, 9.17) is 26.4 Å². The van der Waals surface area contributed by atoms with Crippen LogP contribution in [0.2, 0.25) is 0 Å². The molecule has 0 saturated carbocycles. The van der Waals surface area contributed by atoms with E-state index in [0.717, 1.165) is 27.2 Å². The van der Waals surface area contributed by atoms with E-state index in [0.29, 0.717) is 28.0 Å². The number of amides is 3. The second-order valence-corrected chi connectivity index (χ2v) is 14.7. The SMILES string of the molecule is CC1=C(C)C(=O)C(CCC(C)(O)COc2ccc(CC(SSC[C@H](NC(=O)CC[C@H](N)C(=O)O)C(=O)NCC(=O)O)C(N)=O)cc2)=C(C)C1=O. The quantitative estimate of drug-likeness (QED) is 0.0688. The Morgan fingerprint density at radius 3 is 2.18 bits per heavy atom. The molecule has 1 aliphatic carbocycles. The highest BCUT2D eigenvalue weighted by atomic mass is 33.1. The van der Waals surface area contributed by atoms with Crippen molar-refractivity contribution >= 4 is 62.8 Å². The number of primary amides is 1. The molecule has 2 rings (SSSR count). The number of Topliss-reactive ketones (excluding diaryl/α,β-unsaturated/α-hetero) is 2. The van der Waals surface area contributed by atoms with E-state index in [1.54, 1.807) is 52.0 Å². The molecule has 1 aromatic carbocycles. The number of carboxylic acid groups (broad SMARTS) is 2. The van der Waals surface area contributed by atoms with Gasteiger partial charge in [-0.25, -0.2) is 0 Å². The average molecular weight is 737 g/mol. The number of hydrogen-bond donors (Lipinski definition) is 7. The Morgan fingerprint density at radius 1 is 0.980 bits per heavy atom. The van der Waals surface area contributed by atoms with Gasteiger partial charge < -0.3 is 42.2 Å². The summed E-state index contributed by atoms with van der Waals surface area (Å²) >= 11 is 0. The highest BCUT2D eigenvalue weighted by Crippen LogP contribution is 2.31. The highest BCUT2D eigenvalue weighted by molar-refractivity contribution is 8.77.